The lowest BCUT2D eigenvalue weighted by Crippen LogP contribution is -1.92. The lowest BCUT2D eigenvalue weighted by Gasteiger charge is -2.10. The fourth-order valence-corrected chi connectivity index (χ4v) is 3.71. The second-order valence-corrected chi connectivity index (χ2v) is 7.28. The van der Waals surface area contributed by atoms with E-state index in [1.54, 1.807) is 0 Å². The van der Waals surface area contributed by atoms with E-state index in [9.17, 15) is 0 Å². The minimum Gasteiger partial charge on any atom is -0.144 e. The van der Waals surface area contributed by atoms with Gasteiger partial charge in [-0.25, -0.2) is 0 Å². The molecule has 0 amide bonds. The number of hydrogen-bond acceptors (Lipinski definition) is 1. The van der Waals surface area contributed by atoms with Gasteiger partial charge in [-0.1, -0.05) is 54.0 Å². The van der Waals surface area contributed by atoms with Crippen LogP contribution >= 0.6 is 27.3 Å². The van der Waals surface area contributed by atoms with Gasteiger partial charge in [0.2, 0.25) is 0 Å². The third-order valence-corrected chi connectivity index (χ3v) is 5.87. The summed E-state index contributed by atoms with van der Waals surface area (Å²) in [7, 11) is 0. The van der Waals surface area contributed by atoms with Gasteiger partial charge in [0.1, 0.15) is 0 Å². The van der Waals surface area contributed by atoms with Gasteiger partial charge in [-0.15, -0.1) is 11.3 Å². The molecule has 1 aromatic heterocycles. The Morgan fingerprint density at radius 2 is 1.56 bits per heavy atom. The summed E-state index contributed by atoms with van der Waals surface area (Å²) >= 11 is 5.69. The zero-order valence-electron chi connectivity index (χ0n) is 11.3. The van der Waals surface area contributed by atoms with Crippen LogP contribution in [-0.4, -0.2) is 0 Å². The predicted molar refractivity (Wildman–Crippen MR) is 85.1 cm³/mol. The summed E-state index contributed by atoms with van der Waals surface area (Å²) in [6.07, 6.45) is 0. The molecule has 0 aliphatic carbocycles. The number of rotatable bonds is 3. The number of halogens is 1. The number of hydrogen-bond donors (Lipinski definition) is 0. The second kappa shape index (κ2) is 5.58. The standard InChI is InChI=1S/C16H19BrS/c1-10(2)13-5-7-14(8-6-13)16(17)15-9-11(3)12(4)18-15/h5-10,16H,1-4H3. The van der Waals surface area contributed by atoms with Crippen LogP contribution in [0.1, 0.15) is 51.0 Å². The van der Waals surface area contributed by atoms with Crippen LogP contribution in [0, 0.1) is 13.8 Å². The molecular formula is C16H19BrS. The third-order valence-electron chi connectivity index (χ3n) is 3.33. The number of aryl methyl sites for hydroxylation is 2. The fourth-order valence-electron chi connectivity index (χ4n) is 1.94. The Kier molecular flexibility index (Phi) is 4.29. The summed E-state index contributed by atoms with van der Waals surface area (Å²) in [6.45, 7) is 8.82. The quantitative estimate of drug-likeness (QED) is 0.610. The molecule has 0 nitrogen and oxygen atoms in total. The molecule has 1 atom stereocenters. The Bertz CT molecular complexity index is 503. The van der Waals surface area contributed by atoms with Gasteiger partial charge in [-0.2, -0.15) is 0 Å². The Labute approximate surface area is 122 Å². The van der Waals surface area contributed by atoms with E-state index in [4.69, 9.17) is 0 Å². The van der Waals surface area contributed by atoms with Crippen LogP contribution in [0.25, 0.3) is 0 Å². The molecule has 0 fully saturated rings. The first-order valence-electron chi connectivity index (χ1n) is 6.30. The van der Waals surface area contributed by atoms with Gasteiger partial charge in [0.25, 0.3) is 0 Å². The van der Waals surface area contributed by atoms with Crippen molar-refractivity contribution in [2.45, 2.75) is 38.4 Å². The molecule has 0 aliphatic heterocycles. The Morgan fingerprint density at radius 3 is 2.00 bits per heavy atom. The van der Waals surface area contributed by atoms with E-state index in [-0.39, 0.29) is 0 Å². The fraction of sp³-hybridized carbons (Fsp3) is 0.375. The molecule has 1 heterocycles. The molecule has 1 aromatic carbocycles. The molecule has 2 rings (SSSR count). The highest BCUT2D eigenvalue weighted by atomic mass is 79.9. The lowest BCUT2D eigenvalue weighted by molar-refractivity contribution is 0.865. The summed E-state index contributed by atoms with van der Waals surface area (Å²) in [5.41, 5.74) is 4.12. The minimum atomic E-state index is 0.316. The molecule has 0 spiro atoms. The highest BCUT2D eigenvalue weighted by Crippen LogP contribution is 2.37. The smallest absolute Gasteiger partial charge is 0.0738 e. The van der Waals surface area contributed by atoms with Crippen LogP contribution < -0.4 is 0 Å². The first-order chi connectivity index (χ1) is 8.49. The molecule has 96 valence electrons. The maximum Gasteiger partial charge on any atom is 0.0738 e. The SMILES string of the molecule is Cc1cc(C(Br)c2ccc(C(C)C)cc2)sc1C. The van der Waals surface area contributed by atoms with E-state index in [0.717, 1.165) is 0 Å². The number of benzene rings is 1. The molecule has 0 radical (unpaired) electrons. The maximum atomic E-state index is 3.81. The molecular weight excluding hydrogens is 304 g/mol. The minimum absolute atomic E-state index is 0.316. The third kappa shape index (κ3) is 2.86. The number of thiophene rings is 1. The van der Waals surface area contributed by atoms with Gasteiger partial charge in [-0.3, -0.25) is 0 Å². The van der Waals surface area contributed by atoms with Crippen molar-refractivity contribution in [1.82, 2.24) is 0 Å². The number of alkyl halides is 1. The molecule has 0 saturated heterocycles. The zero-order valence-corrected chi connectivity index (χ0v) is 13.7. The topological polar surface area (TPSA) is 0 Å². The van der Waals surface area contributed by atoms with Gasteiger partial charge in [-0.05, 0) is 42.5 Å². The van der Waals surface area contributed by atoms with Crippen LogP contribution in [0.4, 0.5) is 0 Å². The van der Waals surface area contributed by atoms with Crippen molar-refractivity contribution in [3.63, 3.8) is 0 Å². The van der Waals surface area contributed by atoms with E-state index in [0.29, 0.717) is 10.7 Å². The average Bonchev–Trinajstić information content (AvgIpc) is 2.69. The van der Waals surface area contributed by atoms with Crippen LogP contribution in [0.2, 0.25) is 0 Å². The van der Waals surface area contributed by atoms with Crippen LogP contribution in [0.3, 0.4) is 0 Å². The lowest BCUT2D eigenvalue weighted by atomic mass is 10.0. The highest BCUT2D eigenvalue weighted by Gasteiger charge is 2.14. The van der Waals surface area contributed by atoms with Crippen LogP contribution in [0.5, 0.6) is 0 Å². The van der Waals surface area contributed by atoms with Gasteiger partial charge in [0.05, 0.1) is 4.83 Å². The van der Waals surface area contributed by atoms with Crippen LogP contribution in [0.15, 0.2) is 30.3 Å². The van der Waals surface area contributed by atoms with Crippen molar-refractivity contribution in [2.24, 2.45) is 0 Å². The summed E-state index contributed by atoms with van der Waals surface area (Å²) in [4.78, 5) is 3.12. The van der Waals surface area contributed by atoms with Gasteiger partial charge in [0, 0.05) is 9.75 Å². The van der Waals surface area contributed by atoms with Crippen molar-refractivity contribution in [3.8, 4) is 0 Å². The summed E-state index contributed by atoms with van der Waals surface area (Å²) in [6, 6.07) is 11.2. The van der Waals surface area contributed by atoms with Gasteiger partial charge in [0.15, 0.2) is 0 Å². The largest absolute Gasteiger partial charge is 0.144 e. The summed E-state index contributed by atoms with van der Waals surface area (Å²) in [5, 5.41) is 0. The maximum absolute atomic E-state index is 3.81. The molecule has 0 bridgehead atoms. The Hall–Kier alpha value is -0.600. The molecule has 2 heteroatoms. The summed E-state index contributed by atoms with van der Waals surface area (Å²) < 4.78 is 0. The average molecular weight is 323 g/mol. The Balaban J connectivity index is 2.25. The Morgan fingerprint density at radius 1 is 1.00 bits per heavy atom. The van der Waals surface area contributed by atoms with Gasteiger partial charge < -0.3 is 0 Å². The first kappa shape index (κ1) is 13.8. The van der Waals surface area contributed by atoms with E-state index in [2.05, 4.69) is 74.0 Å². The zero-order chi connectivity index (χ0) is 13.3. The van der Waals surface area contributed by atoms with Gasteiger partial charge >= 0.3 is 0 Å². The van der Waals surface area contributed by atoms with E-state index in [1.807, 2.05) is 11.3 Å². The predicted octanol–water partition coefficient (Wildman–Crippen LogP) is 5.97. The molecule has 0 aliphatic rings. The van der Waals surface area contributed by atoms with Crippen molar-refractivity contribution in [1.29, 1.82) is 0 Å². The molecule has 0 N–H and O–H groups in total. The molecule has 2 aromatic rings. The highest BCUT2D eigenvalue weighted by molar-refractivity contribution is 9.09. The second-order valence-electron chi connectivity index (χ2n) is 5.07. The van der Waals surface area contributed by atoms with E-state index >= 15 is 0 Å². The van der Waals surface area contributed by atoms with E-state index < -0.39 is 0 Å². The molecule has 1 unspecified atom stereocenters. The van der Waals surface area contributed by atoms with Crippen molar-refractivity contribution in [3.05, 3.63) is 56.8 Å². The molecule has 18 heavy (non-hydrogen) atoms. The van der Waals surface area contributed by atoms with Crippen molar-refractivity contribution < 1.29 is 0 Å². The van der Waals surface area contributed by atoms with E-state index in [1.165, 1.54) is 26.4 Å². The monoisotopic (exact) mass is 322 g/mol. The molecule has 0 saturated carbocycles. The van der Waals surface area contributed by atoms with Crippen LogP contribution in [-0.2, 0) is 0 Å². The summed E-state index contributed by atoms with van der Waals surface area (Å²) in [5.74, 6) is 0.596. The van der Waals surface area contributed by atoms with Crippen molar-refractivity contribution in [2.75, 3.05) is 0 Å². The first-order valence-corrected chi connectivity index (χ1v) is 8.03. The van der Waals surface area contributed by atoms with Crippen molar-refractivity contribution >= 4 is 27.3 Å². The normalized spacial score (nSPS) is 13.0.